The highest BCUT2D eigenvalue weighted by Gasteiger charge is 2.35. The summed E-state index contributed by atoms with van der Waals surface area (Å²) in [6.07, 6.45) is 0. The predicted molar refractivity (Wildman–Crippen MR) is 241 cm³/mol. The molecule has 1 aliphatic rings. The molecule has 5 heteroatoms. The molecule has 0 saturated carbocycles. The second-order valence-corrected chi connectivity index (χ2v) is 16.0. The summed E-state index contributed by atoms with van der Waals surface area (Å²) < 4.78 is 8.85. The fourth-order valence-electron chi connectivity index (χ4n) is 9.46. The van der Waals surface area contributed by atoms with Gasteiger partial charge in [0.1, 0.15) is 11.2 Å². The number of nitrogens with zero attached hydrogens (tertiary/aromatic N) is 4. The standard InChI is InChI=1S/C54H36N4O/c1-54(2)44-24-11-9-19-38(44)39-29-27-35(31-45(39)54)52-55-51(34-17-7-4-8-18-34)56-53(57-52)42-23-13-22-41-40-20-10-12-25-46(40)58(50(41)42)36-28-30-47-43(32-36)49-37(21-14-26-48(49)59-47)33-15-5-3-6-16-33/h3-32H,1-2H3. The summed E-state index contributed by atoms with van der Waals surface area (Å²) in [4.78, 5) is 15.8. The molecule has 3 aromatic heterocycles. The van der Waals surface area contributed by atoms with E-state index in [0.717, 1.165) is 77.2 Å². The topological polar surface area (TPSA) is 56.7 Å². The first-order valence-electron chi connectivity index (χ1n) is 20.1. The molecule has 5 nitrogen and oxygen atoms in total. The Morgan fingerprint density at radius 1 is 0.424 bits per heavy atom. The van der Waals surface area contributed by atoms with Gasteiger partial charge in [0.15, 0.2) is 17.5 Å². The lowest BCUT2D eigenvalue weighted by Crippen LogP contribution is -2.15. The van der Waals surface area contributed by atoms with Crippen molar-refractivity contribution < 1.29 is 4.42 Å². The largest absolute Gasteiger partial charge is 0.456 e. The van der Waals surface area contributed by atoms with Gasteiger partial charge in [-0.2, -0.15) is 0 Å². The van der Waals surface area contributed by atoms with Crippen molar-refractivity contribution in [1.82, 2.24) is 19.5 Å². The molecule has 0 N–H and O–H groups in total. The maximum atomic E-state index is 6.49. The SMILES string of the molecule is CC1(C)c2ccccc2-c2ccc(-c3nc(-c4ccccc4)nc(-c4cccc5c6ccccc6n(-c6ccc7oc8cccc(-c9ccccc9)c8c7c6)c45)n3)cc21. The van der Waals surface area contributed by atoms with Crippen molar-refractivity contribution in [3.05, 3.63) is 193 Å². The van der Waals surface area contributed by atoms with Crippen molar-refractivity contribution in [3.8, 4) is 62.1 Å². The molecule has 11 aromatic rings. The monoisotopic (exact) mass is 756 g/mol. The van der Waals surface area contributed by atoms with Gasteiger partial charge in [0.25, 0.3) is 0 Å². The first-order chi connectivity index (χ1) is 29.0. The molecule has 0 aliphatic heterocycles. The van der Waals surface area contributed by atoms with Crippen molar-refractivity contribution >= 4 is 43.7 Å². The number of aromatic nitrogens is 4. The zero-order valence-corrected chi connectivity index (χ0v) is 32.5. The van der Waals surface area contributed by atoms with Crippen LogP contribution in [-0.4, -0.2) is 19.5 Å². The lowest BCUT2D eigenvalue weighted by Gasteiger charge is -2.21. The molecule has 0 bridgehead atoms. The van der Waals surface area contributed by atoms with Gasteiger partial charge in [-0.05, 0) is 75.8 Å². The Bertz CT molecular complexity index is 3470. The molecule has 0 unspecified atom stereocenters. The van der Waals surface area contributed by atoms with E-state index < -0.39 is 0 Å². The van der Waals surface area contributed by atoms with Crippen LogP contribution in [0.5, 0.6) is 0 Å². The van der Waals surface area contributed by atoms with E-state index in [1.807, 2.05) is 18.2 Å². The van der Waals surface area contributed by atoms with Gasteiger partial charge < -0.3 is 8.98 Å². The number of para-hydroxylation sites is 2. The predicted octanol–water partition coefficient (Wildman–Crippen LogP) is 13.8. The van der Waals surface area contributed by atoms with Gasteiger partial charge in [0.05, 0.1) is 11.0 Å². The van der Waals surface area contributed by atoms with E-state index in [-0.39, 0.29) is 5.41 Å². The summed E-state index contributed by atoms with van der Waals surface area (Å²) in [6, 6.07) is 64.1. The van der Waals surface area contributed by atoms with Crippen LogP contribution in [0.15, 0.2) is 186 Å². The van der Waals surface area contributed by atoms with Crippen LogP contribution in [-0.2, 0) is 5.41 Å². The van der Waals surface area contributed by atoms with E-state index in [9.17, 15) is 0 Å². The van der Waals surface area contributed by atoms with E-state index in [1.54, 1.807) is 0 Å². The van der Waals surface area contributed by atoms with Gasteiger partial charge >= 0.3 is 0 Å². The minimum Gasteiger partial charge on any atom is -0.456 e. The Labute approximate surface area is 340 Å². The van der Waals surface area contributed by atoms with Crippen LogP contribution in [0, 0.1) is 0 Å². The average molecular weight is 757 g/mol. The normalized spacial score (nSPS) is 13.1. The Kier molecular flexibility index (Phi) is 7.20. The van der Waals surface area contributed by atoms with E-state index in [0.29, 0.717) is 17.5 Å². The van der Waals surface area contributed by atoms with Crippen LogP contribution in [0.1, 0.15) is 25.0 Å². The minimum atomic E-state index is -0.157. The molecule has 0 radical (unpaired) electrons. The number of benzene rings is 8. The second kappa shape index (κ2) is 12.7. The zero-order chi connectivity index (χ0) is 39.2. The van der Waals surface area contributed by atoms with Gasteiger partial charge in [-0.15, -0.1) is 0 Å². The molecular weight excluding hydrogens is 721 g/mol. The molecule has 0 saturated heterocycles. The Morgan fingerprint density at radius 2 is 1.07 bits per heavy atom. The number of furan rings is 1. The summed E-state index contributed by atoms with van der Waals surface area (Å²) in [5, 5.41) is 4.45. The summed E-state index contributed by atoms with van der Waals surface area (Å²) in [5.41, 5.74) is 15.0. The van der Waals surface area contributed by atoms with Crippen LogP contribution in [0.3, 0.4) is 0 Å². The van der Waals surface area contributed by atoms with Gasteiger partial charge in [-0.25, -0.2) is 15.0 Å². The van der Waals surface area contributed by atoms with E-state index in [1.165, 1.54) is 22.3 Å². The first kappa shape index (κ1) is 33.5. The molecule has 1 aliphatic carbocycles. The highest BCUT2D eigenvalue weighted by Crippen LogP contribution is 2.49. The highest BCUT2D eigenvalue weighted by molar-refractivity contribution is 6.15. The molecule has 0 fully saturated rings. The van der Waals surface area contributed by atoms with E-state index in [2.05, 4.69) is 182 Å². The van der Waals surface area contributed by atoms with Crippen LogP contribution >= 0.6 is 0 Å². The fraction of sp³-hybridized carbons (Fsp3) is 0.0556. The van der Waals surface area contributed by atoms with Gasteiger partial charge in [-0.3, -0.25) is 0 Å². The first-order valence-corrected chi connectivity index (χ1v) is 20.1. The van der Waals surface area contributed by atoms with Gasteiger partial charge in [0, 0.05) is 49.3 Å². The third-order valence-corrected chi connectivity index (χ3v) is 12.3. The summed E-state index contributed by atoms with van der Waals surface area (Å²) >= 11 is 0. The zero-order valence-electron chi connectivity index (χ0n) is 32.5. The molecule has 59 heavy (non-hydrogen) atoms. The minimum absolute atomic E-state index is 0.157. The molecule has 0 amide bonds. The molecule has 0 atom stereocenters. The van der Waals surface area contributed by atoms with Crippen LogP contribution in [0.2, 0.25) is 0 Å². The van der Waals surface area contributed by atoms with Crippen LogP contribution < -0.4 is 0 Å². The molecule has 278 valence electrons. The number of hydrogen-bond acceptors (Lipinski definition) is 4. The van der Waals surface area contributed by atoms with Gasteiger partial charge in [-0.1, -0.05) is 153 Å². The molecule has 12 rings (SSSR count). The lowest BCUT2D eigenvalue weighted by atomic mass is 9.82. The van der Waals surface area contributed by atoms with Crippen LogP contribution in [0.4, 0.5) is 0 Å². The molecular formula is C54H36N4O. The highest BCUT2D eigenvalue weighted by atomic mass is 16.3. The summed E-state index contributed by atoms with van der Waals surface area (Å²) in [7, 11) is 0. The average Bonchev–Trinajstić information content (AvgIpc) is 3.92. The Morgan fingerprint density at radius 3 is 1.92 bits per heavy atom. The van der Waals surface area contributed by atoms with E-state index >= 15 is 0 Å². The van der Waals surface area contributed by atoms with Crippen molar-refractivity contribution in [2.75, 3.05) is 0 Å². The smallest absolute Gasteiger partial charge is 0.166 e. The maximum Gasteiger partial charge on any atom is 0.166 e. The lowest BCUT2D eigenvalue weighted by molar-refractivity contribution is 0.660. The molecule has 3 heterocycles. The Hall–Kier alpha value is -7.63. The van der Waals surface area contributed by atoms with Crippen molar-refractivity contribution in [1.29, 1.82) is 0 Å². The number of rotatable bonds is 5. The number of fused-ring (bicyclic) bond motifs is 9. The maximum absolute atomic E-state index is 6.49. The van der Waals surface area contributed by atoms with E-state index in [4.69, 9.17) is 19.4 Å². The third kappa shape index (κ3) is 5.08. The number of hydrogen-bond donors (Lipinski definition) is 0. The van der Waals surface area contributed by atoms with Crippen molar-refractivity contribution in [2.45, 2.75) is 19.3 Å². The fourth-order valence-corrected chi connectivity index (χ4v) is 9.46. The third-order valence-electron chi connectivity index (χ3n) is 12.3. The Balaban J connectivity index is 1.10. The molecule has 8 aromatic carbocycles. The van der Waals surface area contributed by atoms with Crippen molar-refractivity contribution in [3.63, 3.8) is 0 Å². The molecule has 0 spiro atoms. The van der Waals surface area contributed by atoms with Crippen LogP contribution in [0.25, 0.3) is 106 Å². The second-order valence-electron chi connectivity index (χ2n) is 16.0. The summed E-state index contributed by atoms with van der Waals surface area (Å²) in [6.45, 7) is 4.61. The quantitative estimate of drug-likeness (QED) is 0.175. The summed E-state index contributed by atoms with van der Waals surface area (Å²) in [5.74, 6) is 1.89. The van der Waals surface area contributed by atoms with Gasteiger partial charge in [0.2, 0.25) is 0 Å². The van der Waals surface area contributed by atoms with Crippen molar-refractivity contribution in [2.24, 2.45) is 0 Å².